The van der Waals surface area contributed by atoms with E-state index in [0.717, 1.165) is 19.3 Å². The van der Waals surface area contributed by atoms with Crippen molar-refractivity contribution in [2.45, 2.75) is 161 Å². The lowest BCUT2D eigenvalue weighted by Crippen LogP contribution is -2.45. The molecule has 1 heterocycles. The minimum Gasteiger partial charge on any atom is -0.507 e. The van der Waals surface area contributed by atoms with Gasteiger partial charge in [-0.3, -0.25) is 24.0 Å². The number of carboxylic acid groups (broad SMARTS) is 1. The molecule has 0 radical (unpaired) electrons. The van der Waals surface area contributed by atoms with Crippen LogP contribution in [0.1, 0.15) is 159 Å². The average molecular weight is 820 g/mol. The van der Waals surface area contributed by atoms with Gasteiger partial charge in [0.25, 0.3) is 0 Å². The SMILES string of the molecule is CCCCCCCCCCCCCC(=O)CCCC(=O)C[C@@H](CCCCN)C(=O)N(C)[C@@H]1C(=O)C[C@@H](C)C(=O)N[C@H](C(=O)O)Cc2ccc(O)c(c2)-c2cc1ccc2O. The van der Waals surface area contributed by atoms with Gasteiger partial charge >= 0.3 is 5.97 Å². The first-order chi connectivity index (χ1) is 28.3. The number of carbonyl (C=O) groups is 6. The fourth-order valence-electron chi connectivity index (χ4n) is 7.98. The van der Waals surface area contributed by atoms with E-state index < -0.39 is 47.5 Å². The van der Waals surface area contributed by atoms with Gasteiger partial charge in [0.2, 0.25) is 11.8 Å². The molecule has 12 heteroatoms. The number of rotatable bonds is 25. The zero-order valence-electron chi connectivity index (χ0n) is 35.6. The number of nitrogens with zero attached hydrogens (tertiary/aromatic N) is 1. The third kappa shape index (κ3) is 16.2. The Balaban J connectivity index is 1.72. The topological polar surface area (TPSA) is 204 Å². The average Bonchev–Trinajstić information content (AvgIpc) is 3.20. The molecule has 59 heavy (non-hydrogen) atoms. The molecular weight excluding hydrogens is 751 g/mol. The van der Waals surface area contributed by atoms with E-state index in [4.69, 9.17) is 5.73 Å². The highest BCUT2D eigenvalue weighted by molar-refractivity contribution is 5.95. The number of ketones is 3. The first-order valence-electron chi connectivity index (χ1n) is 22.0. The molecule has 1 aliphatic heterocycles. The number of amides is 2. The van der Waals surface area contributed by atoms with Crippen molar-refractivity contribution in [2.75, 3.05) is 13.6 Å². The molecule has 1 aliphatic rings. The van der Waals surface area contributed by atoms with Crippen molar-refractivity contribution in [3.05, 3.63) is 47.5 Å². The Morgan fingerprint density at radius 3 is 1.97 bits per heavy atom. The summed E-state index contributed by atoms with van der Waals surface area (Å²) in [6, 6.07) is 6.20. The summed E-state index contributed by atoms with van der Waals surface area (Å²) in [4.78, 5) is 81.3. The summed E-state index contributed by atoms with van der Waals surface area (Å²) in [7, 11) is 1.47. The fourth-order valence-corrected chi connectivity index (χ4v) is 7.98. The molecule has 4 bridgehead atoms. The number of hydrogen-bond acceptors (Lipinski definition) is 9. The number of nitrogens with two attached hydrogens (primary N) is 1. The smallest absolute Gasteiger partial charge is 0.326 e. The number of Topliss-reactive ketones (excluding diaryl/α,β-unsaturated/α-hetero) is 3. The van der Waals surface area contributed by atoms with Crippen molar-refractivity contribution in [2.24, 2.45) is 17.6 Å². The van der Waals surface area contributed by atoms with E-state index in [9.17, 15) is 44.1 Å². The molecule has 6 N–H and O–H groups in total. The summed E-state index contributed by atoms with van der Waals surface area (Å²) >= 11 is 0. The van der Waals surface area contributed by atoms with E-state index in [1.807, 2.05) is 0 Å². The predicted octanol–water partition coefficient (Wildman–Crippen LogP) is 8.13. The number of benzene rings is 2. The van der Waals surface area contributed by atoms with Gasteiger partial charge in [-0.1, -0.05) is 96.6 Å². The van der Waals surface area contributed by atoms with E-state index in [0.29, 0.717) is 56.2 Å². The number of aliphatic carboxylic acids is 1. The molecule has 0 saturated carbocycles. The van der Waals surface area contributed by atoms with E-state index in [1.165, 1.54) is 107 Å². The maximum absolute atomic E-state index is 14.4. The highest BCUT2D eigenvalue weighted by atomic mass is 16.4. The first-order valence-corrected chi connectivity index (χ1v) is 22.0. The van der Waals surface area contributed by atoms with Gasteiger partial charge in [0, 0.05) is 68.5 Å². The van der Waals surface area contributed by atoms with Crippen LogP contribution in [0.15, 0.2) is 36.4 Å². The number of fused-ring (bicyclic) bond motifs is 5. The summed E-state index contributed by atoms with van der Waals surface area (Å²) in [6.07, 6.45) is 15.7. The highest BCUT2D eigenvalue weighted by Gasteiger charge is 2.36. The Hall–Kier alpha value is -4.58. The number of unbranched alkanes of at least 4 members (excludes halogenated alkanes) is 11. The van der Waals surface area contributed by atoms with Crippen LogP contribution in [-0.2, 0) is 35.2 Å². The zero-order valence-corrected chi connectivity index (χ0v) is 35.6. The molecule has 2 aromatic carbocycles. The van der Waals surface area contributed by atoms with Crippen molar-refractivity contribution in [1.82, 2.24) is 10.2 Å². The summed E-state index contributed by atoms with van der Waals surface area (Å²) < 4.78 is 0. The van der Waals surface area contributed by atoms with E-state index in [1.54, 1.807) is 0 Å². The van der Waals surface area contributed by atoms with Crippen LogP contribution in [0.5, 0.6) is 11.5 Å². The van der Waals surface area contributed by atoms with Crippen molar-refractivity contribution in [3.63, 3.8) is 0 Å². The molecule has 0 aromatic heterocycles. The fraction of sp³-hybridized carbons (Fsp3) is 0.617. The molecular formula is C47H69N3O9. The maximum atomic E-state index is 14.4. The Morgan fingerprint density at radius 2 is 1.34 bits per heavy atom. The number of hydrogen-bond donors (Lipinski definition) is 5. The van der Waals surface area contributed by atoms with Gasteiger partial charge in [-0.25, -0.2) is 4.79 Å². The van der Waals surface area contributed by atoms with Crippen molar-refractivity contribution in [1.29, 1.82) is 0 Å². The number of phenols is 2. The van der Waals surface area contributed by atoms with Crippen LogP contribution in [0, 0.1) is 11.8 Å². The second kappa shape index (κ2) is 25.8. The third-order valence-corrected chi connectivity index (χ3v) is 11.5. The quantitative estimate of drug-likeness (QED) is 0.0609. The minimum absolute atomic E-state index is 0.0711. The summed E-state index contributed by atoms with van der Waals surface area (Å²) in [5.74, 6) is -5.05. The molecule has 3 rings (SSSR count). The van der Waals surface area contributed by atoms with Crippen LogP contribution in [0.2, 0.25) is 0 Å². The molecule has 0 spiro atoms. The lowest BCUT2D eigenvalue weighted by atomic mass is 9.88. The largest absolute Gasteiger partial charge is 0.507 e. The van der Waals surface area contributed by atoms with Crippen LogP contribution < -0.4 is 11.1 Å². The van der Waals surface area contributed by atoms with E-state index in [2.05, 4.69) is 12.2 Å². The second-order valence-electron chi connectivity index (χ2n) is 16.6. The third-order valence-electron chi connectivity index (χ3n) is 11.5. The van der Waals surface area contributed by atoms with Crippen LogP contribution in [0.3, 0.4) is 0 Å². The van der Waals surface area contributed by atoms with Gasteiger partial charge in [-0.2, -0.15) is 0 Å². The van der Waals surface area contributed by atoms with Gasteiger partial charge in [0.05, 0.1) is 0 Å². The first kappa shape index (κ1) is 48.8. The van der Waals surface area contributed by atoms with Crippen molar-refractivity contribution >= 4 is 35.1 Å². The van der Waals surface area contributed by atoms with Crippen LogP contribution in [0.4, 0.5) is 0 Å². The van der Waals surface area contributed by atoms with Gasteiger partial charge in [0.1, 0.15) is 35.1 Å². The van der Waals surface area contributed by atoms with Crippen LogP contribution in [-0.4, -0.2) is 75.0 Å². The lowest BCUT2D eigenvalue weighted by molar-refractivity contribution is -0.144. The monoisotopic (exact) mass is 820 g/mol. The number of nitrogens with one attached hydrogen (secondary N) is 1. The van der Waals surface area contributed by atoms with Gasteiger partial charge in [-0.15, -0.1) is 0 Å². The van der Waals surface area contributed by atoms with Gasteiger partial charge in [0.15, 0.2) is 5.78 Å². The van der Waals surface area contributed by atoms with E-state index >= 15 is 0 Å². The Bertz CT molecular complexity index is 1710. The van der Waals surface area contributed by atoms with Crippen molar-refractivity contribution < 1.29 is 44.1 Å². The molecule has 12 nitrogen and oxygen atoms in total. The Morgan fingerprint density at radius 1 is 0.763 bits per heavy atom. The minimum atomic E-state index is -1.33. The number of phenolic OH excluding ortho intramolecular Hbond substituents is 2. The summed E-state index contributed by atoms with van der Waals surface area (Å²) in [5.41, 5.74) is 6.89. The Kier molecular flexibility index (Phi) is 21.3. The molecule has 4 atom stereocenters. The Labute approximate surface area is 350 Å². The van der Waals surface area contributed by atoms with Crippen LogP contribution in [0.25, 0.3) is 11.1 Å². The molecule has 0 fully saturated rings. The summed E-state index contributed by atoms with van der Waals surface area (Å²) in [5, 5.41) is 34.2. The molecule has 0 unspecified atom stereocenters. The standard InChI is InChI=1S/C47H69N3O9/c1-4-5-6-7-8-9-10-11-12-13-14-19-36(51)20-17-21-37(52)30-35(18-15-16-26-48)46(57)50(3)44-34-23-25-42(54)39(31-34)38-28-33(22-24-41(38)53)29-40(47(58)59)49-45(56)32(2)27-43(44)55/h22-25,28,31-32,35,40,44,53-54H,4-21,26-27,29-30,48H2,1-3H3,(H,49,56)(H,58,59)/t32-,35-,40+,44+/m1/s1. The molecule has 326 valence electrons. The molecule has 0 saturated heterocycles. The second-order valence-corrected chi connectivity index (χ2v) is 16.6. The van der Waals surface area contributed by atoms with Crippen molar-refractivity contribution in [3.8, 4) is 22.6 Å². The number of carboxylic acids is 1. The highest BCUT2D eigenvalue weighted by Crippen LogP contribution is 2.39. The van der Waals surface area contributed by atoms with E-state index in [-0.39, 0.29) is 59.9 Å². The zero-order chi connectivity index (χ0) is 43.3. The van der Waals surface area contributed by atoms with Gasteiger partial charge < -0.3 is 31.3 Å². The molecule has 2 amide bonds. The lowest BCUT2D eigenvalue weighted by Gasteiger charge is -2.32. The number of aromatic hydroxyl groups is 2. The maximum Gasteiger partial charge on any atom is 0.326 e. The molecule has 2 aromatic rings. The predicted molar refractivity (Wildman–Crippen MR) is 229 cm³/mol. The normalized spacial score (nSPS) is 17.5. The number of likely N-dealkylation sites (N-methyl/N-ethyl adjacent to an activating group) is 1. The van der Waals surface area contributed by atoms with Crippen LogP contribution >= 0.6 is 0 Å². The summed E-state index contributed by atoms with van der Waals surface area (Å²) in [6.45, 7) is 4.14. The number of carbonyl (C=O) groups excluding carboxylic acids is 5. The van der Waals surface area contributed by atoms with Gasteiger partial charge in [-0.05, 0) is 67.6 Å². The molecule has 0 aliphatic carbocycles.